The molecule has 0 atom stereocenters. The third-order valence-corrected chi connectivity index (χ3v) is 1.57. The van der Waals surface area contributed by atoms with Gasteiger partial charge in [-0.25, -0.2) is 9.59 Å². The molecule has 74 valence electrons. The maximum Gasteiger partial charge on any atom is 2.00 e. The quantitative estimate of drug-likeness (QED) is 0.607. The number of aromatic carboxylic acids is 2. The zero-order valence-corrected chi connectivity index (χ0v) is 8.80. The predicted octanol–water partition coefficient (Wildman–Crippen LogP) is -1.15. The maximum absolute atomic E-state index is 11.0. The van der Waals surface area contributed by atoms with Gasteiger partial charge >= 0.3 is 35.0 Å². The van der Waals surface area contributed by atoms with Crippen molar-refractivity contribution in [2.45, 2.75) is 0 Å². The molecular formula is C8H4MgO6. The molecule has 0 bridgehead atoms. The van der Waals surface area contributed by atoms with Crippen LogP contribution in [0.2, 0.25) is 0 Å². The van der Waals surface area contributed by atoms with Crippen LogP contribution in [-0.2, 0) is 0 Å². The topological polar surface area (TPSA) is 121 Å². The summed E-state index contributed by atoms with van der Waals surface area (Å²) in [6.45, 7) is 0. The summed E-state index contributed by atoms with van der Waals surface area (Å²) in [6.07, 6.45) is 0. The molecule has 1 rings (SSSR count). The van der Waals surface area contributed by atoms with Gasteiger partial charge in [-0.2, -0.15) is 0 Å². The second-order valence-electron chi connectivity index (χ2n) is 2.43. The van der Waals surface area contributed by atoms with Gasteiger partial charge < -0.3 is 20.4 Å². The average molecular weight is 220 g/mol. The number of carbonyl (C=O) groups is 2. The number of hydrogen-bond acceptors (Lipinski definition) is 4. The molecule has 0 heterocycles. The molecule has 0 aliphatic heterocycles. The van der Waals surface area contributed by atoms with Crippen molar-refractivity contribution in [1.82, 2.24) is 0 Å². The molecule has 0 fully saturated rings. The predicted molar refractivity (Wildman–Crippen MR) is 45.0 cm³/mol. The van der Waals surface area contributed by atoms with Gasteiger partial charge in [0.2, 0.25) is 0 Å². The van der Waals surface area contributed by atoms with Gasteiger partial charge in [0.1, 0.15) is 0 Å². The van der Waals surface area contributed by atoms with Gasteiger partial charge in [0.05, 0.1) is 11.1 Å². The number of carboxylic acid groups (broad SMARTS) is 2. The Balaban J connectivity index is 0.00000196. The Morgan fingerprint density at radius 1 is 0.933 bits per heavy atom. The first kappa shape index (κ1) is 13.5. The fourth-order valence-electron chi connectivity index (χ4n) is 0.899. The first-order valence-corrected chi connectivity index (χ1v) is 3.42. The van der Waals surface area contributed by atoms with Gasteiger partial charge in [-0.05, 0) is 12.1 Å². The maximum atomic E-state index is 11.0. The summed E-state index contributed by atoms with van der Waals surface area (Å²) in [6, 6.07) is 1.60. The van der Waals surface area contributed by atoms with Crippen molar-refractivity contribution in [2.75, 3.05) is 0 Å². The largest absolute Gasteiger partial charge is 2.00 e. The van der Waals surface area contributed by atoms with E-state index in [1.165, 1.54) is 0 Å². The van der Waals surface area contributed by atoms with Crippen LogP contribution < -0.4 is 10.2 Å². The Hall–Kier alpha value is -1.47. The van der Waals surface area contributed by atoms with Gasteiger partial charge in [0, 0.05) is 0 Å². The van der Waals surface area contributed by atoms with Crippen molar-refractivity contribution in [3.05, 3.63) is 23.3 Å². The van der Waals surface area contributed by atoms with E-state index >= 15 is 0 Å². The van der Waals surface area contributed by atoms with E-state index in [9.17, 15) is 19.8 Å². The Morgan fingerprint density at radius 2 is 1.20 bits per heavy atom. The molecule has 0 aliphatic carbocycles. The first-order chi connectivity index (χ1) is 6.45. The van der Waals surface area contributed by atoms with E-state index in [0.29, 0.717) is 0 Å². The van der Waals surface area contributed by atoms with Crippen molar-refractivity contribution < 1.29 is 30.0 Å². The Kier molecular flexibility index (Phi) is 4.37. The Bertz CT molecular complexity index is 375. The molecule has 1 aromatic rings. The van der Waals surface area contributed by atoms with E-state index < -0.39 is 34.6 Å². The van der Waals surface area contributed by atoms with E-state index in [1.807, 2.05) is 0 Å². The fourth-order valence-corrected chi connectivity index (χ4v) is 0.899. The summed E-state index contributed by atoms with van der Waals surface area (Å²) in [5.41, 5.74) is -1.44. The van der Waals surface area contributed by atoms with Crippen LogP contribution in [0.25, 0.3) is 0 Å². The first-order valence-electron chi connectivity index (χ1n) is 3.42. The number of hydrogen-bond donors (Lipinski definition) is 2. The number of rotatable bonds is 2. The van der Waals surface area contributed by atoms with Crippen LogP contribution in [-0.4, -0.2) is 45.2 Å². The summed E-state index contributed by atoms with van der Waals surface area (Å²) in [5, 5.41) is 38.8. The third kappa shape index (κ3) is 2.51. The van der Waals surface area contributed by atoms with Crippen molar-refractivity contribution >= 4 is 35.0 Å². The summed E-state index contributed by atoms with van der Waals surface area (Å²) >= 11 is 0. The van der Waals surface area contributed by atoms with E-state index in [1.54, 1.807) is 0 Å². The average Bonchev–Trinajstić information content (AvgIpc) is 2.08. The van der Waals surface area contributed by atoms with Crippen LogP contribution in [0.1, 0.15) is 20.7 Å². The van der Waals surface area contributed by atoms with Gasteiger partial charge in [0.25, 0.3) is 0 Å². The molecule has 15 heavy (non-hydrogen) atoms. The molecular weight excluding hydrogens is 216 g/mol. The molecule has 0 aliphatic rings. The van der Waals surface area contributed by atoms with Crippen LogP contribution in [0.3, 0.4) is 0 Å². The molecule has 7 heteroatoms. The van der Waals surface area contributed by atoms with Crippen LogP contribution in [0.4, 0.5) is 0 Å². The summed E-state index contributed by atoms with van der Waals surface area (Å²) in [7, 11) is 0. The molecule has 6 nitrogen and oxygen atoms in total. The van der Waals surface area contributed by atoms with Crippen LogP contribution >= 0.6 is 0 Å². The molecule has 0 unspecified atom stereocenters. The van der Waals surface area contributed by atoms with E-state index in [0.717, 1.165) is 12.1 Å². The van der Waals surface area contributed by atoms with Crippen LogP contribution in [0, 0.1) is 0 Å². The van der Waals surface area contributed by atoms with Crippen LogP contribution in [0.15, 0.2) is 12.1 Å². The summed E-state index contributed by atoms with van der Waals surface area (Å²) in [5.74, 6) is -5.72. The van der Waals surface area contributed by atoms with E-state index in [4.69, 9.17) is 10.2 Å². The molecule has 0 radical (unpaired) electrons. The van der Waals surface area contributed by atoms with Crippen LogP contribution in [0.5, 0.6) is 11.5 Å². The Labute approximate surface area is 99.9 Å². The van der Waals surface area contributed by atoms with Crippen molar-refractivity contribution in [3.63, 3.8) is 0 Å². The molecule has 2 N–H and O–H groups in total. The SMILES string of the molecule is O=C(O)c1ccc(C(=O)O)c([O-])c1[O-].[Mg+2]. The standard InChI is InChI=1S/C8H6O6.Mg/c9-5-3(7(11)12)1-2-4(6(5)10)8(13)14;/h1-2,9-10H,(H,11,12)(H,13,14);/q;+2/p-2. The minimum absolute atomic E-state index is 0. The minimum atomic E-state index is -1.55. The van der Waals surface area contributed by atoms with Gasteiger partial charge in [-0.1, -0.05) is 0 Å². The monoisotopic (exact) mass is 220 g/mol. The summed E-state index contributed by atoms with van der Waals surface area (Å²) in [4.78, 5) is 20.7. The zero-order valence-electron chi connectivity index (χ0n) is 7.39. The normalized spacial score (nSPS) is 9.07. The molecule has 0 aromatic heterocycles. The fraction of sp³-hybridized carbons (Fsp3) is 0. The molecule has 0 saturated carbocycles. The number of benzene rings is 1. The molecule has 0 spiro atoms. The van der Waals surface area contributed by atoms with Crippen molar-refractivity contribution in [3.8, 4) is 11.5 Å². The second kappa shape index (κ2) is 4.85. The Morgan fingerprint density at radius 3 is 1.40 bits per heavy atom. The van der Waals surface area contributed by atoms with E-state index in [-0.39, 0.29) is 23.1 Å². The minimum Gasteiger partial charge on any atom is -0.872 e. The molecule has 1 aromatic carbocycles. The van der Waals surface area contributed by atoms with Gasteiger partial charge in [-0.3, -0.25) is 0 Å². The second-order valence-corrected chi connectivity index (χ2v) is 2.43. The third-order valence-electron chi connectivity index (χ3n) is 1.57. The van der Waals surface area contributed by atoms with Gasteiger partial charge in [-0.15, -0.1) is 11.5 Å². The molecule has 0 saturated heterocycles. The smallest absolute Gasteiger partial charge is 0.872 e. The molecule has 0 amide bonds. The van der Waals surface area contributed by atoms with Crippen molar-refractivity contribution in [2.24, 2.45) is 0 Å². The van der Waals surface area contributed by atoms with Gasteiger partial charge in [0.15, 0.2) is 0 Å². The summed E-state index contributed by atoms with van der Waals surface area (Å²) < 4.78 is 0. The van der Waals surface area contributed by atoms with E-state index in [2.05, 4.69) is 0 Å². The number of carboxylic acids is 2. The van der Waals surface area contributed by atoms with Crippen molar-refractivity contribution in [1.29, 1.82) is 0 Å². The zero-order chi connectivity index (χ0) is 10.9.